The molecule has 3 amide bonds. The highest BCUT2D eigenvalue weighted by Crippen LogP contribution is 2.15. The van der Waals surface area contributed by atoms with Gasteiger partial charge in [-0.25, -0.2) is 4.79 Å². The number of piperazine rings is 1. The fraction of sp³-hybridized carbons (Fsp3) is 0.579. The number of amides is 3. The molecule has 25 heavy (non-hydrogen) atoms. The Balaban J connectivity index is 1.84. The molecule has 0 saturated carbocycles. The molecular weight excluding hydrogens is 318 g/mol. The lowest BCUT2D eigenvalue weighted by Crippen LogP contribution is -2.53. The van der Waals surface area contributed by atoms with Gasteiger partial charge in [0.1, 0.15) is 5.75 Å². The van der Waals surface area contributed by atoms with Crippen molar-refractivity contribution in [1.29, 1.82) is 0 Å². The molecule has 1 aromatic rings. The highest BCUT2D eigenvalue weighted by atomic mass is 16.5. The van der Waals surface area contributed by atoms with Crippen molar-refractivity contribution >= 4 is 11.9 Å². The van der Waals surface area contributed by atoms with Crippen LogP contribution in [0.25, 0.3) is 0 Å². The van der Waals surface area contributed by atoms with Crippen LogP contribution in [0.3, 0.4) is 0 Å². The molecule has 0 atom stereocenters. The Kier molecular flexibility index (Phi) is 7.10. The first-order chi connectivity index (χ1) is 12.0. The van der Waals surface area contributed by atoms with Crippen LogP contribution < -0.4 is 10.1 Å². The summed E-state index contributed by atoms with van der Waals surface area (Å²) in [5, 5.41) is 2.87. The number of urea groups is 1. The van der Waals surface area contributed by atoms with Crippen LogP contribution in [0.5, 0.6) is 5.75 Å². The van der Waals surface area contributed by atoms with Gasteiger partial charge in [-0.05, 0) is 36.6 Å². The minimum Gasteiger partial charge on any atom is -0.493 e. The Bertz CT molecular complexity index is 564. The average molecular weight is 347 g/mol. The van der Waals surface area contributed by atoms with Gasteiger partial charge < -0.3 is 19.9 Å². The van der Waals surface area contributed by atoms with Crippen molar-refractivity contribution in [3.63, 3.8) is 0 Å². The standard InChI is InChI=1S/C19H29N3O3/c1-4-9-20-19(24)22-12-10-21(11-13-22)18(23)16-5-7-17(8-6-16)25-14-15(2)3/h5-8,15H,4,9-14H2,1-3H3,(H,20,24). The second kappa shape index (κ2) is 9.30. The van der Waals surface area contributed by atoms with Crippen LogP contribution in [0.4, 0.5) is 4.79 Å². The van der Waals surface area contributed by atoms with E-state index in [0.717, 1.165) is 12.2 Å². The Morgan fingerprint density at radius 2 is 1.68 bits per heavy atom. The topological polar surface area (TPSA) is 61.9 Å². The largest absolute Gasteiger partial charge is 0.493 e. The second-order valence-corrected chi connectivity index (χ2v) is 6.74. The van der Waals surface area contributed by atoms with Gasteiger partial charge in [-0.3, -0.25) is 4.79 Å². The molecule has 0 unspecified atom stereocenters. The summed E-state index contributed by atoms with van der Waals surface area (Å²) in [6.45, 7) is 9.82. The minimum absolute atomic E-state index is 0.00373. The van der Waals surface area contributed by atoms with Gasteiger partial charge in [0.05, 0.1) is 6.61 Å². The highest BCUT2D eigenvalue weighted by molar-refractivity contribution is 5.94. The Morgan fingerprint density at radius 3 is 2.24 bits per heavy atom. The van der Waals surface area contributed by atoms with E-state index in [1.54, 1.807) is 21.9 Å². The minimum atomic E-state index is -0.0411. The molecule has 1 saturated heterocycles. The molecule has 1 aromatic carbocycles. The van der Waals surface area contributed by atoms with Gasteiger partial charge in [-0.1, -0.05) is 20.8 Å². The predicted molar refractivity (Wildman–Crippen MR) is 97.9 cm³/mol. The van der Waals surface area contributed by atoms with E-state index < -0.39 is 0 Å². The molecule has 1 heterocycles. The molecular formula is C19H29N3O3. The zero-order valence-electron chi connectivity index (χ0n) is 15.5. The van der Waals surface area contributed by atoms with Crippen molar-refractivity contribution in [3.8, 4) is 5.75 Å². The zero-order valence-corrected chi connectivity index (χ0v) is 15.5. The predicted octanol–water partition coefficient (Wildman–Crippen LogP) is 2.60. The molecule has 1 aliphatic rings. The number of hydrogen-bond donors (Lipinski definition) is 1. The van der Waals surface area contributed by atoms with Gasteiger partial charge >= 0.3 is 6.03 Å². The first-order valence-corrected chi connectivity index (χ1v) is 9.06. The Morgan fingerprint density at radius 1 is 1.08 bits per heavy atom. The van der Waals surface area contributed by atoms with E-state index in [9.17, 15) is 9.59 Å². The number of hydrogen-bond acceptors (Lipinski definition) is 3. The number of benzene rings is 1. The van der Waals surface area contributed by atoms with Gasteiger partial charge in [0.25, 0.3) is 5.91 Å². The van der Waals surface area contributed by atoms with E-state index in [0.29, 0.717) is 50.8 Å². The third-order valence-corrected chi connectivity index (χ3v) is 4.06. The van der Waals surface area contributed by atoms with Crippen molar-refractivity contribution < 1.29 is 14.3 Å². The normalized spacial score (nSPS) is 14.6. The average Bonchev–Trinajstić information content (AvgIpc) is 2.64. The van der Waals surface area contributed by atoms with Crippen LogP contribution in [-0.2, 0) is 0 Å². The van der Waals surface area contributed by atoms with Crippen molar-refractivity contribution in [2.75, 3.05) is 39.3 Å². The van der Waals surface area contributed by atoms with E-state index in [4.69, 9.17) is 4.74 Å². The van der Waals surface area contributed by atoms with E-state index in [2.05, 4.69) is 19.2 Å². The SMILES string of the molecule is CCCNC(=O)N1CCN(C(=O)c2ccc(OCC(C)C)cc2)CC1. The van der Waals surface area contributed by atoms with Crippen LogP contribution in [0.15, 0.2) is 24.3 Å². The lowest BCUT2D eigenvalue weighted by atomic mass is 10.1. The van der Waals surface area contributed by atoms with E-state index >= 15 is 0 Å². The summed E-state index contributed by atoms with van der Waals surface area (Å²) in [5.41, 5.74) is 0.654. The van der Waals surface area contributed by atoms with Gasteiger partial charge in [0.15, 0.2) is 0 Å². The zero-order chi connectivity index (χ0) is 18.2. The first-order valence-electron chi connectivity index (χ1n) is 9.06. The second-order valence-electron chi connectivity index (χ2n) is 6.74. The number of carbonyl (C=O) groups is 2. The monoisotopic (exact) mass is 347 g/mol. The lowest BCUT2D eigenvalue weighted by Gasteiger charge is -2.34. The van der Waals surface area contributed by atoms with Crippen LogP contribution in [0.1, 0.15) is 37.6 Å². The number of rotatable bonds is 6. The molecule has 1 aliphatic heterocycles. The molecule has 2 rings (SSSR count). The fourth-order valence-electron chi connectivity index (χ4n) is 2.60. The molecule has 0 radical (unpaired) electrons. The smallest absolute Gasteiger partial charge is 0.317 e. The van der Waals surface area contributed by atoms with Crippen molar-refractivity contribution in [1.82, 2.24) is 15.1 Å². The maximum atomic E-state index is 12.6. The molecule has 0 bridgehead atoms. The molecule has 6 heteroatoms. The van der Waals surface area contributed by atoms with Crippen molar-refractivity contribution in [2.45, 2.75) is 27.2 Å². The van der Waals surface area contributed by atoms with Crippen molar-refractivity contribution in [2.24, 2.45) is 5.92 Å². The molecule has 0 aliphatic carbocycles. The van der Waals surface area contributed by atoms with Crippen LogP contribution in [-0.4, -0.2) is 61.1 Å². The summed E-state index contributed by atoms with van der Waals surface area (Å²) in [5.74, 6) is 1.25. The maximum absolute atomic E-state index is 12.6. The number of nitrogens with one attached hydrogen (secondary N) is 1. The van der Waals surface area contributed by atoms with Gasteiger partial charge in [0, 0.05) is 38.3 Å². The molecule has 1 N–H and O–H groups in total. The van der Waals surface area contributed by atoms with Crippen molar-refractivity contribution in [3.05, 3.63) is 29.8 Å². The molecule has 0 spiro atoms. The third-order valence-electron chi connectivity index (χ3n) is 4.06. The number of ether oxygens (including phenoxy) is 1. The van der Waals surface area contributed by atoms with Gasteiger partial charge in [0.2, 0.25) is 0 Å². The van der Waals surface area contributed by atoms with E-state index in [-0.39, 0.29) is 11.9 Å². The van der Waals surface area contributed by atoms with Crippen LogP contribution in [0, 0.1) is 5.92 Å². The summed E-state index contributed by atoms with van der Waals surface area (Å²) in [7, 11) is 0. The lowest BCUT2D eigenvalue weighted by molar-refractivity contribution is 0.0665. The van der Waals surface area contributed by atoms with Gasteiger partial charge in [-0.15, -0.1) is 0 Å². The van der Waals surface area contributed by atoms with Crippen LogP contribution in [0.2, 0.25) is 0 Å². The molecule has 1 fully saturated rings. The number of nitrogens with zero attached hydrogens (tertiary/aromatic N) is 2. The molecule has 138 valence electrons. The summed E-state index contributed by atoms with van der Waals surface area (Å²) >= 11 is 0. The molecule has 6 nitrogen and oxygen atoms in total. The van der Waals surface area contributed by atoms with Crippen LogP contribution >= 0.6 is 0 Å². The fourth-order valence-corrected chi connectivity index (χ4v) is 2.60. The Hall–Kier alpha value is -2.24. The third kappa shape index (κ3) is 5.66. The highest BCUT2D eigenvalue weighted by Gasteiger charge is 2.24. The summed E-state index contributed by atoms with van der Waals surface area (Å²) < 4.78 is 5.64. The number of carbonyl (C=O) groups excluding carboxylic acids is 2. The summed E-state index contributed by atoms with van der Waals surface area (Å²) in [6.07, 6.45) is 0.918. The summed E-state index contributed by atoms with van der Waals surface area (Å²) in [4.78, 5) is 28.1. The molecule has 0 aromatic heterocycles. The van der Waals surface area contributed by atoms with E-state index in [1.807, 2.05) is 19.1 Å². The maximum Gasteiger partial charge on any atom is 0.317 e. The quantitative estimate of drug-likeness (QED) is 0.860. The van der Waals surface area contributed by atoms with E-state index in [1.165, 1.54) is 0 Å². The summed E-state index contributed by atoms with van der Waals surface area (Å²) in [6, 6.07) is 7.24. The Labute approximate surface area is 150 Å². The van der Waals surface area contributed by atoms with Gasteiger partial charge in [-0.2, -0.15) is 0 Å². The first kappa shape index (κ1) is 19.1.